The lowest BCUT2D eigenvalue weighted by molar-refractivity contribution is 0.0622. The number of nitrogens with one attached hydrogen (secondary N) is 2. The number of carbonyl (C=O) groups is 1. The summed E-state index contributed by atoms with van der Waals surface area (Å²) >= 11 is 0. The van der Waals surface area contributed by atoms with Gasteiger partial charge in [-0.2, -0.15) is 0 Å². The first kappa shape index (κ1) is 18.8. The van der Waals surface area contributed by atoms with E-state index >= 15 is 0 Å². The van der Waals surface area contributed by atoms with Gasteiger partial charge in [-0.05, 0) is 43.5 Å². The summed E-state index contributed by atoms with van der Waals surface area (Å²) < 4.78 is 11.5. The maximum Gasteiger partial charge on any atom is 0.270 e. The van der Waals surface area contributed by atoms with E-state index in [1.54, 1.807) is 6.20 Å². The van der Waals surface area contributed by atoms with Crippen LogP contribution in [0.25, 0.3) is 0 Å². The Hall–Kier alpha value is -2.91. The number of hydrogen-bond donors (Lipinski definition) is 2. The van der Waals surface area contributed by atoms with Crippen molar-refractivity contribution >= 4 is 23.2 Å². The number of fused-ring (bicyclic) bond motifs is 4. The Morgan fingerprint density at radius 2 is 2.16 bits per heavy atom. The maximum atomic E-state index is 12.9. The number of carbonyl (C=O) groups excluding carboxylic acids is 1. The van der Waals surface area contributed by atoms with Crippen molar-refractivity contribution in [3.05, 3.63) is 42.2 Å². The Kier molecular flexibility index (Phi) is 4.46. The van der Waals surface area contributed by atoms with Crippen LogP contribution in [0.2, 0.25) is 0 Å². The van der Waals surface area contributed by atoms with Crippen molar-refractivity contribution in [2.24, 2.45) is 0 Å². The quantitative estimate of drug-likeness (QED) is 0.702. The molecule has 9 heteroatoms. The molecule has 4 aliphatic rings. The largest absolute Gasteiger partial charge is 0.379 e. The van der Waals surface area contributed by atoms with Gasteiger partial charge in [0.1, 0.15) is 18.1 Å². The molecule has 2 N–H and O–H groups in total. The third-order valence-corrected chi connectivity index (χ3v) is 6.48. The summed E-state index contributed by atoms with van der Waals surface area (Å²) in [5.41, 5.74) is 1.47. The predicted octanol–water partition coefficient (Wildman–Crippen LogP) is 1.58. The van der Waals surface area contributed by atoms with E-state index in [-0.39, 0.29) is 18.0 Å². The van der Waals surface area contributed by atoms with Crippen molar-refractivity contribution in [3.63, 3.8) is 0 Å². The molecule has 0 radical (unpaired) electrons. The topological polar surface area (TPSA) is 95.1 Å². The minimum Gasteiger partial charge on any atom is -0.379 e. The van der Waals surface area contributed by atoms with Gasteiger partial charge in [-0.1, -0.05) is 6.07 Å². The summed E-state index contributed by atoms with van der Waals surface area (Å²) in [7, 11) is 0. The fourth-order valence-electron chi connectivity index (χ4n) is 4.89. The van der Waals surface area contributed by atoms with Crippen molar-refractivity contribution < 1.29 is 14.3 Å². The number of epoxide rings is 1. The molecule has 0 aromatic carbocycles. The van der Waals surface area contributed by atoms with E-state index in [4.69, 9.17) is 14.5 Å². The van der Waals surface area contributed by atoms with Crippen LogP contribution in [-0.4, -0.2) is 66.7 Å². The van der Waals surface area contributed by atoms with Crippen LogP contribution in [0.4, 0.5) is 17.3 Å². The van der Waals surface area contributed by atoms with Crippen molar-refractivity contribution in [2.45, 2.75) is 37.2 Å². The van der Waals surface area contributed by atoms with Crippen LogP contribution in [0.5, 0.6) is 0 Å². The molecule has 31 heavy (non-hydrogen) atoms. The molecule has 4 aliphatic heterocycles. The van der Waals surface area contributed by atoms with Gasteiger partial charge in [-0.25, -0.2) is 9.97 Å². The molecule has 6 rings (SSSR count). The smallest absolute Gasteiger partial charge is 0.270 e. The van der Waals surface area contributed by atoms with Gasteiger partial charge in [0.15, 0.2) is 5.82 Å². The van der Waals surface area contributed by atoms with Crippen molar-refractivity contribution in [1.82, 2.24) is 15.3 Å². The lowest BCUT2D eigenvalue weighted by Gasteiger charge is -2.41. The number of pyridine rings is 2. The van der Waals surface area contributed by atoms with E-state index in [1.165, 1.54) is 0 Å². The normalized spacial score (nSPS) is 28.8. The molecule has 2 aromatic rings. The Labute approximate surface area is 180 Å². The Morgan fingerprint density at radius 1 is 1.23 bits per heavy atom. The molecule has 0 saturated carbocycles. The van der Waals surface area contributed by atoms with E-state index in [9.17, 15) is 4.79 Å². The Balaban J connectivity index is 1.31. The first-order valence-corrected chi connectivity index (χ1v) is 11.0. The van der Waals surface area contributed by atoms with E-state index < -0.39 is 5.85 Å². The molecule has 9 nitrogen and oxygen atoms in total. The second-order valence-electron chi connectivity index (χ2n) is 8.60. The minimum atomic E-state index is -0.677. The van der Waals surface area contributed by atoms with Gasteiger partial charge in [0, 0.05) is 25.9 Å². The maximum absolute atomic E-state index is 12.9. The molecule has 2 aromatic heterocycles. The second kappa shape index (κ2) is 7.35. The van der Waals surface area contributed by atoms with Gasteiger partial charge in [0.2, 0.25) is 5.85 Å². The molecular weight excluding hydrogens is 396 g/mol. The van der Waals surface area contributed by atoms with Crippen molar-refractivity contribution in [2.75, 3.05) is 48.0 Å². The van der Waals surface area contributed by atoms with Crippen LogP contribution in [0.3, 0.4) is 0 Å². The highest BCUT2D eigenvalue weighted by Gasteiger charge is 2.57. The predicted molar refractivity (Wildman–Crippen MR) is 115 cm³/mol. The van der Waals surface area contributed by atoms with Crippen molar-refractivity contribution in [1.29, 1.82) is 0 Å². The zero-order valence-corrected chi connectivity index (χ0v) is 17.3. The van der Waals surface area contributed by atoms with Crippen LogP contribution >= 0.6 is 0 Å². The van der Waals surface area contributed by atoms with Gasteiger partial charge in [-0.15, -0.1) is 0 Å². The third-order valence-electron chi connectivity index (χ3n) is 6.48. The van der Waals surface area contributed by atoms with Crippen LogP contribution in [-0.2, 0) is 9.47 Å². The number of aromatic nitrogens is 2. The first-order valence-electron chi connectivity index (χ1n) is 11.0. The average Bonchev–Trinajstić information content (AvgIpc) is 3.45. The standard InChI is InChI=1S/C22H26N6O3/c29-21(24-15-4-3-11-30-13-15)17-6-7-18-20(25-17)28(16-8-10-27(18)12-16)22(14-31-22)26-19-5-1-2-9-23-19/h1-2,5-7,9,15-16H,3-4,8,10-14H2,(H,23,26)(H,24,29)/t15?,16-,22-/m0/s1. The highest BCUT2D eigenvalue weighted by Crippen LogP contribution is 2.46. The molecule has 0 spiro atoms. The fraction of sp³-hybridized carbons (Fsp3) is 0.500. The summed E-state index contributed by atoms with van der Waals surface area (Å²) in [5, 5.41) is 6.53. The molecule has 2 bridgehead atoms. The lowest BCUT2D eigenvalue weighted by atomic mass is 10.1. The Morgan fingerprint density at radius 3 is 2.94 bits per heavy atom. The Bertz CT molecular complexity index is 976. The van der Waals surface area contributed by atoms with Crippen LogP contribution in [0.15, 0.2) is 36.5 Å². The number of ether oxygens (including phenoxy) is 2. The molecule has 3 saturated heterocycles. The number of rotatable bonds is 5. The number of nitrogens with zero attached hydrogens (tertiary/aromatic N) is 4. The monoisotopic (exact) mass is 422 g/mol. The number of anilines is 3. The zero-order chi connectivity index (χ0) is 20.8. The lowest BCUT2D eigenvalue weighted by Crippen LogP contribution is -2.54. The highest BCUT2D eigenvalue weighted by molar-refractivity contribution is 5.94. The average molecular weight is 422 g/mol. The van der Waals surface area contributed by atoms with Gasteiger partial charge in [-0.3, -0.25) is 4.79 Å². The molecule has 162 valence electrons. The van der Waals surface area contributed by atoms with Crippen LogP contribution in [0.1, 0.15) is 29.8 Å². The summed E-state index contributed by atoms with van der Waals surface area (Å²) in [6.07, 6.45) is 4.68. The summed E-state index contributed by atoms with van der Waals surface area (Å²) in [4.78, 5) is 26.7. The SMILES string of the molecule is O=C(NC1CCCOC1)c1ccc2c(n1)N([C@@]1(Nc3ccccn3)CO1)[C@H]1CCN2C1. The zero-order valence-electron chi connectivity index (χ0n) is 17.3. The molecule has 1 unspecified atom stereocenters. The minimum absolute atomic E-state index is 0.0408. The molecule has 3 fully saturated rings. The van der Waals surface area contributed by atoms with Gasteiger partial charge < -0.3 is 29.9 Å². The van der Waals surface area contributed by atoms with Gasteiger partial charge in [0.25, 0.3) is 5.91 Å². The summed E-state index contributed by atoms with van der Waals surface area (Å²) in [5.74, 6) is 0.716. The van der Waals surface area contributed by atoms with Gasteiger partial charge in [0.05, 0.1) is 24.4 Å². The molecule has 0 aliphatic carbocycles. The van der Waals surface area contributed by atoms with E-state index in [2.05, 4.69) is 25.4 Å². The van der Waals surface area contributed by atoms with Crippen molar-refractivity contribution in [3.8, 4) is 0 Å². The second-order valence-corrected chi connectivity index (χ2v) is 8.60. The van der Waals surface area contributed by atoms with E-state index in [0.717, 1.165) is 56.3 Å². The molecule has 6 heterocycles. The van der Waals surface area contributed by atoms with E-state index in [1.807, 2.05) is 30.3 Å². The fourth-order valence-corrected chi connectivity index (χ4v) is 4.89. The number of amides is 1. The molecule has 3 atom stereocenters. The van der Waals surface area contributed by atoms with Crippen LogP contribution < -0.4 is 20.4 Å². The molecule has 1 amide bonds. The molecular formula is C22H26N6O3. The summed E-state index contributed by atoms with van der Waals surface area (Å²) in [6.45, 7) is 3.76. The van der Waals surface area contributed by atoms with Gasteiger partial charge >= 0.3 is 0 Å². The summed E-state index contributed by atoms with van der Waals surface area (Å²) in [6, 6.07) is 9.91. The van der Waals surface area contributed by atoms with E-state index in [0.29, 0.717) is 18.9 Å². The number of hydrogen-bond acceptors (Lipinski definition) is 8. The van der Waals surface area contributed by atoms with Crippen LogP contribution in [0, 0.1) is 0 Å². The third kappa shape index (κ3) is 3.37. The highest BCUT2D eigenvalue weighted by atomic mass is 16.6. The first-order chi connectivity index (χ1) is 15.2.